The van der Waals surface area contributed by atoms with E-state index in [0.29, 0.717) is 17.6 Å². The van der Waals surface area contributed by atoms with E-state index in [1.807, 2.05) is 30.3 Å². The first-order chi connectivity index (χ1) is 28.2. The highest BCUT2D eigenvalue weighted by atomic mass is 16.3. The molecule has 0 bridgehead atoms. The Morgan fingerprint density at radius 3 is 1.58 bits per heavy atom. The van der Waals surface area contributed by atoms with Crippen molar-refractivity contribution in [1.29, 1.82) is 0 Å². The first-order valence-corrected chi connectivity index (χ1v) is 19.1. The Morgan fingerprint density at radius 1 is 0.316 bits per heavy atom. The minimum atomic E-state index is 0.558. The summed E-state index contributed by atoms with van der Waals surface area (Å²) in [4.78, 5) is 15.7. The van der Waals surface area contributed by atoms with Gasteiger partial charge in [0.1, 0.15) is 11.2 Å². The third kappa shape index (κ3) is 4.94. The van der Waals surface area contributed by atoms with E-state index in [4.69, 9.17) is 19.4 Å². The third-order valence-electron chi connectivity index (χ3n) is 11.2. The van der Waals surface area contributed by atoms with Crippen LogP contribution in [0.3, 0.4) is 0 Å². The summed E-state index contributed by atoms with van der Waals surface area (Å²) in [7, 11) is 0. The molecule has 0 N–H and O–H groups in total. The van der Waals surface area contributed by atoms with Crippen LogP contribution in [0.5, 0.6) is 0 Å². The first-order valence-electron chi connectivity index (χ1n) is 19.1. The van der Waals surface area contributed by atoms with Crippen LogP contribution in [0.1, 0.15) is 0 Å². The molecule has 4 heterocycles. The standard InChI is InChI=1S/C51H31N5O/c1-3-13-32(14-4-1)49-52-50(35-24-27-39-37-17-7-10-20-43(37)55(45(39)31-35)36-15-5-2-6-16-36)54-51(53-49)56-44-21-11-8-18-38(44)40-26-23-34(30-46(40)56)33-25-28-48-42(29-33)41-19-9-12-22-47(41)57-48/h1-31H. The second kappa shape index (κ2) is 12.3. The molecular weight excluding hydrogens is 699 g/mol. The highest BCUT2D eigenvalue weighted by Crippen LogP contribution is 2.38. The molecule has 266 valence electrons. The maximum atomic E-state index is 6.17. The van der Waals surface area contributed by atoms with Crippen LogP contribution in [0.2, 0.25) is 0 Å². The zero-order valence-corrected chi connectivity index (χ0v) is 30.5. The minimum absolute atomic E-state index is 0.558. The Bertz CT molecular complexity index is 3520. The molecule has 0 amide bonds. The molecule has 0 spiro atoms. The van der Waals surface area contributed by atoms with Crippen LogP contribution >= 0.6 is 0 Å². The number of para-hydroxylation sites is 4. The molecular formula is C51H31N5O. The summed E-state index contributed by atoms with van der Waals surface area (Å²) < 4.78 is 10.7. The lowest BCUT2D eigenvalue weighted by Crippen LogP contribution is -2.06. The molecule has 0 unspecified atom stereocenters. The molecule has 0 radical (unpaired) electrons. The predicted molar refractivity (Wildman–Crippen MR) is 232 cm³/mol. The van der Waals surface area contributed by atoms with Gasteiger partial charge in [0.25, 0.3) is 0 Å². The summed E-state index contributed by atoms with van der Waals surface area (Å²) in [6.07, 6.45) is 0. The molecule has 0 atom stereocenters. The lowest BCUT2D eigenvalue weighted by molar-refractivity contribution is 0.669. The largest absolute Gasteiger partial charge is 0.456 e. The molecule has 0 saturated carbocycles. The molecule has 0 aliphatic heterocycles. The van der Waals surface area contributed by atoms with Gasteiger partial charge in [-0.1, -0.05) is 133 Å². The van der Waals surface area contributed by atoms with Crippen molar-refractivity contribution in [3.63, 3.8) is 0 Å². The average molecular weight is 730 g/mol. The Hall–Kier alpha value is -7.83. The van der Waals surface area contributed by atoms with E-state index >= 15 is 0 Å². The SMILES string of the molecule is c1ccc(-c2nc(-c3ccc4c5ccccc5n(-c5ccccc5)c4c3)nc(-n3c4ccccc4c4ccc(-c5ccc6oc7ccccc7c6c5)cc43)n2)cc1. The van der Waals surface area contributed by atoms with Gasteiger partial charge in [0.2, 0.25) is 5.95 Å². The Morgan fingerprint density at radius 2 is 0.825 bits per heavy atom. The van der Waals surface area contributed by atoms with Crippen molar-refractivity contribution < 1.29 is 4.42 Å². The Balaban J connectivity index is 1.10. The van der Waals surface area contributed by atoms with E-state index < -0.39 is 0 Å². The van der Waals surface area contributed by atoms with Gasteiger partial charge in [-0.15, -0.1) is 0 Å². The fourth-order valence-electron chi connectivity index (χ4n) is 8.55. The van der Waals surface area contributed by atoms with Crippen molar-refractivity contribution in [3.8, 4) is 45.5 Å². The normalized spacial score (nSPS) is 11.9. The van der Waals surface area contributed by atoms with Crippen LogP contribution in [-0.2, 0) is 0 Å². The number of benzene rings is 8. The van der Waals surface area contributed by atoms with Crippen LogP contribution in [0.25, 0.3) is 111 Å². The highest BCUT2D eigenvalue weighted by Gasteiger charge is 2.20. The van der Waals surface area contributed by atoms with Gasteiger partial charge in [-0.2, -0.15) is 9.97 Å². The van der Waals surface area contributed by atoms with E-state index in [-0.39, 0.29) is 0 Å². The lowest BCUT2D eigenvalue weighted by Gasteiger charge is -2.12. The number of aromatic nitrogens is 5. The summed E-state index contributed by atoms with van der Waals surface area (Å²) in [5.41, 5.74) is 11.2. The summed E-state index contributed by atoms with van der Waals surface area (Å²) in [6, 6.07) is 65.6. The molecule has 57 heavy (non-hydrogen) atoms. The average Bonchev–Trinajstić information content (AvgIpc) is 3.93. The third-order valence-corrected chi connectivity index (χ3v) is 11.2. The van der Waals surface area contributed by atoms with Crippen LogP contribution in [0.15, 0.2) is 192 Å². The smallest absolute Gasteiger partial charge is 0.238 e. The number of hydrogen-bond acceptors (Lipinski definition) is 4. The number of fused-ring (bicyclic) bond motifs is 9. The van der Waals surface area contributed by atoms with Crippen molar-refractivity contribution in [3.05, 3.63) is 188 Å². The van der Waals surface area contributed by atoms with Gasteiger partial charge < -0.3 is 8.98 Å². The van der Waals surface area contributed by atoms with E-state index in [2.05, 4.69) is 167 Å². The molecule has 4 aromatic heterocycles. The fraction of sp³-hybridized carbons (Fsp3) is 0. The quantitative estimate of drug-likeness (QED) is 0.177. The van der Waals surface area contributed by atoms with E-state index in [1.54, 1.807) is 0 Å². The molecule has 12 rings (SSSR count). The van der Waals surface area contributed by atoms with Gasteiger partial charge in [-0.25, -0.2) is 4.98 Å². The highest BCUT2D eigenvalue weighted by molar-refractivity contribution is 6.12. The van der Waals surface area contributed by atoms with Crippen molar-refractivity contribution in [2.75, 3.05) is 0 Å². The van der Waals surface area contributed by atoms with Gasteiger partial charge in [0.15, 0.2) is 11.6 Å². The predicted octanol–water partition coefficient (Wildman–Crippen LogP) is 13.0. The lowest BCUT2D eigenvalue weighted by atomic mass is 10.0. The van der Waals surface area contributed by atoms with Crippen molar-refractivity contribution in [2.24, 2.45) is 0 Å². The van der Waals surface area contributed by atoms with Crippen molar-refractivity contribution >= 4 is 65.6 Å². The van der Waals surface area contributed by atoms with Gasteiger partial charge in [-0.05, 0) is 65.7 Å². The molecule has 0 aliphatic carbocycles. The monoisotopic (exact) mass is 729 g/mol. The van der Waals surface area contributed by atoms with E-state index in [1.165, 1.54) is 10.8 Å². The maximum Gasteiger partial charge on any atom is 0.238 e. The second-order valence-electron chi connectivity index (χ2n) is 14.5. The molecule has 0 fully saturated rings. The number of hydrogen-bond donors (Lipinski definition) is 0. The van der Waals surface area contributed by atoms with Crippen LogP contribution in [-0.4, -0.2) is 24.1 Å². The molecule has 8 aromatic carbocycles. The molecule has 0 saturated heterocycles. The summed E-state index contributed by atoms with van der Waals surface area (Å²) in [5.74, 6) is 1.77. The van der Waals surface area contributed by atoms with Gasteiger partial charge in [0.05, 0.1) is 22.1 Å². The molecule has 12 aromatic rings. The minimum Gasteiger partial charge on any atom is -0.456 e. The zero-order chi connectivity index (χ0) is 37.5. The van der Waals surface area contributed by atoms with Crippen molar-refractivity contribution in [1.82, 2.24) is 24.1 Å². The number of nitrogens with zero attached hydrogens (tertiary/aromatic N) is 5. The second-order valence-corrected chi connectivity index (χ2v) is 14.5. The first kappa shape index (κ1) is 31.5. The molecule has 0 aliphatic rings. The zero-order valence-electron chi connectivity index (χ0n) is 30.5. The van der Waals surface area contributed by atoms with Crippen molar-refractivity contribution in [2.45, 2.75) is 0 Å². The van der Waals surface area contributed by atoms with Crippen LogP contribution in [0, 0.1) is 0 Å². The Labute approximate surface area is 326 Å². The van der Waals surface area contributed by atoms with E-state index in [9.17, 15) is 0 Å². The van der Waals surface area contributed by atoms with E-state index in [0.717, 1.165) is 82.7 Å². The fourth-order valence-corrected chi connectivity index (χ4v) is 8.55. The maximum absolute atomic E-state index is 6.17. The molecule has 6 heteroatoms. The molecule has 6 nitrogen and oxygen atoms in total. The van der Waals surface area contributed by atoms with Gasteiger partial charge in [0, 0.05) is 49.1 Å². The summed E-state index contributed by atoms with van der Waals surface area (Å²) >= 11 is 0. The number of rotatable bonds is 5. The van der Waals surface area contributed by atoms with Gasteiger partial charge >= 0.3 is 0 Å². The van der Waals surface area contributed by atoms with Crippen LogP contribution < -0.4 is 0 Å². The topological polar surface area (TPSA) is 61.7 Å². The summed E-state index contributed by atoms with van der Waals surface area (Å²) in [5, 5.41) is 6.84. The van der Waals surface area contributed by atoms with Crippen LogP contribution in [0.4, 0.5) is 0 Å². The number of furan rings is 1. The van der Waals surface area contributed by atoms with Gasteiger partial charge in [-0.3, -0.25) is 4.57 Å². The summed E-state index contributed by atoms with van der Waals surface area (Å²) in [6.45, 7) is 0. The Kier molecular flexibility index (Phi) is 6.83.